The van der Waals surface area contributed by atoms with Crippen LogP contribution in [0.2, 0.25) is 0 Å². The summed E-state index contributed by atoms with van der Waals surface area (Å²) in [6.07, 6.45) is 8.02. The molecule has 466 valence electrons. The molecule has 12 rings (SSSR count). The summed E-state index contributed by atoms with van der Waals surface area (Å²) >= 11 is -0.141. The van der Waals surface area contributed by atoms with Crippen molar-refractivity contribution in [1.29, 1.82) is 0 Å². The van der Waals surface area contributed by atoms with E-state index in [1.165, 1.54) is 36.5 Å². The number of carbonyl (C=O) groups is 2. The zero-order valence-electron chi connectivity index (χ0n) is 52.3. The maximum Gasteiger partial charge on any atom is 1.00 e. The fourth-order valence-corrected chi connectivity index (χ4v) is 18.4. The minimum absolute atomic E-state index is 0. The van der Waals surface area contributed by atoms with Gasteiger partial charge in [0.05, 0.1) is 24.4 Å². The molecule has 8 saturated carbocycles. The van der Waals surface area contributed by atoms with Gasteiger partial charge in [-0.2, -0.15) is 8.78 Å². The van der Waals surface area contributed by atoms with Crippen LogP contribution < -0.4 is 84.4 Å². The van der Waals surface area contributed by atoms with Crippen LogP contribution in [0.5, 0.6) is 0 Å². The summed E-state index contributed by atoms with van der Waals surface area (Å²) in [7, 11) is -3.11. The van der Waals surface area contributed by atoms with Crippen LogP contribution in [-0.4, -0.2) is 65.1 Å². The van der Waals surface area contributed by atoms with Crippen LogP contribution in [0, 0.1) is 55.2 Å². The summed E-state index contributed by atoms with van der Waals surface area (Å²) in [5.41, 5.74) is 4.81. The van der Waals surface area contributed by atoms with Gasteiger partial charge in [0.1, 0.15) is 0 Å². The molecular weight excluding hydrogens is 1370 g/mol. The van der Waals surface area contributed by atoms with Crippen LogP contribution in [0.1, 0.15) is 189 Å². The molecule has 4 atom stereocenters. The van der Waals surface area contributed by atoms with Gasteiger partial charge in [-0.25, -0.2) is 4.79 Å². The molecule has 0 spiro atoms. The van der Waals surface area contributed by atoms with E-state index in [1.807, 2.05) is 0 Å². The number of carbonyl (C=O) groups excluding carboxylic acids is 2. The molecule has 0 aliphatic heterocycles. The number of esters is 2. The summed E-state index contributed by atoms with van der Waals surface area (Å²) in [5.74, 6) is -4.53. The summed E-state index contributed by atoms with van der Waals surface area (Å²) in [5, 5.41) is 21.0. The maximum atomic E-state index is 12.8. The Hall–Kier alpha value is -2.30. The standard InChI is InChI=1S/2C20H26I.C14H20F2O3.C13H17F2O3.ClH.Na.O3S/c2*1-19(2,3)15-7-11-17(12-8-15)21-18-13-9-16(10-14-18)20(4,5)6;1-12(15,16)11(17)19-8-13-3-9-2-10(4-13)6-14(18,5-9)7-13;14-10(15)11(16)18-7-12-2-8-1-9(3-12)5-13(17,4-8)6-12;;;1-4(2)3/h2*7-14H,1-6H3;9-10,18H,2-8H2,1H3;8-9,17H,1-7H2;1H;;/q2*+1;;-1;;+1;/p-1. The molecule has 18 heteroatoms. The van der Waals surface area contributed by atoms with Gasteiger partial charge in [-0.3, -0.25) is 4.79 Å². The van der Waals surface area contributed by atoms with Crippen LogP contribution in [0.3, 0.4) is 0 Å². The maximum absolute atomic E-state index is 12.8. The van der Waals surface area contributed by atoms with Gasteiger partial charge in [0, 0.05) is 24.2 Å². The van der Waals surface area contributed by atoms with E-state index < -0.39 is 46.1 Å². The Morgan fingerprint density at radius 2 is 0.729 bits per heavy atom. The third-order valence-corrected chi connectivity index (χ3v) is 22.5. The van der Waals surface area contributed by atoms with Gasteiger partial charge in [-0.05, 0) is 193 Å². The van der Waals surface area contributed by atoms with Crippen LogP contribution in [-0.2, 0) is 51.3 Å². The predicted octanol–water partition coefficient (Wildman–Crippen LogP) is 2.63. The van der Waals surface area contributed by atoms with E-state index in [4.69, 9.17) is 22.1 Å². The molecule has 0 amide bonds. The normalized spacial score (nSPS) is 25.9. The topological polar surface area (TPSA) is 144 Å². The van der Waals surface area contributed by atoms with E-state index in [2.05, 4.69) is 180 Å². The third-order valence-electron chi connectivity index (χ3n) is 17.1. The van der Waals surface area contributed by atoms with Gasteiger partial charge in [-0.15, -0.1) is 12.6 Å². The minimum atomic E-state index is -3.43. The Labute approximate surface area is 554 Å². The van der Waals surface area contributed by atoms with Crippen LogP contribution in [0.4, 0.5) is 17.6 Å². The molecule has 9 nitrogen and oxygen atoms in total. The first-order valence-corrected chi connectivity index (χ1v) is 34.3. The third kappa shape index (κ3) is 22.6. The molecule has 0 radical (unpaired) electrons. The van der Waals surface area contributed by atoms with Gasteiger partial charge in [-0.1, -0.05) is 132 Å². The van der Waals surface area contributed by atoms with Crippen LogP contribution >= 0.6 is 0 Å². The Balaban J connectivity index is 0.000000236. The zero-order valence-corrected chi connectivity index (χ0v) is 60.1. The number of ether oxygens (including phenoxy) is 2. The fraction of sp³-hybridized carbons (Fsp3) is 0.597. The fourth-order valence-electron chi connectivity index (χ4n) is 14.1. The molecule has 85 heavy (non-hydrogen) atoms. The molecule has 0 heterocycles. The molecule has 4 unspecified atom stereocenters. The predicted molar refractivity (Wildman–Crippen MR) is 307 cm³/mol. The number of hydrogen-bond donors (Lipinski definition) is 2. The molecule has 2 N–H and O–H groups in total. The smallest absolute Gasteiger partial charge is 1.00 e. The molecular formula is C67H89ClF4I2NaO9S+. The van der Waals surface area contributed by atoms with Crippen molar-refractivity contribution in [3.8, 4) is 0 Å². The van der Waals surface area contributed by atoms with E-state index in [-0.39, 0.29) is 130 Å². The van der Waals surface area contributed by atoms with Gasteiger partial charge in [0.15, 0.2) is 14.3 Å². The van der Waals surface area contributed by atoms with Crippen LogP contribution in [0.15, 0.2) is 97.1 Å². The number of rotatable bonds is 10. The number of benzene rings is 4. The Bertz CT molecular complexity index is 2680. The summed E-state index contributed by atoms with van der Waals surface area (Å²) in [6.45, 7) is 27.8. The number of halogens is 7. The second kappa shape index (κ2) is 29.8. The van der Waals surface area contributed by atoms with Crippen molar-refractivity contribution in [2.24, 2.45) is 34.5 Å². The van der Waals surface area contributed by atoms with E-state index >= 15 is 0 Å². The largest absolute Gasteiger partial charge is 1.00 e. The zero-order chi connectivity index (χ0) is 61.8. The Morgan fingerprint density at radius 3 is 0.929 bits per heavy atom. The van der Waals surface area contributed by atoms with E-state index in [1.54, 1.807) is 0 Å². The van der Waals surface area contributed by atoms with E-state index in [9.17, 15) is 37.4 Å². The summed E-state index contributed by atoms with van der Waals surface area (Å²) in [4.78, 5) is 22.0. The number of aliphatic hydroxyl groups is 2. The van der Waals surface area contributed by atoms with Crippen molar-refractivity contribution in [2.75, 3.05) is 13.2 Å². The van der Waals surface area contributed by atoms with Crippen molar-refractivity contribution in [3.63, 3.8) is 0 Å². The molecule has 8 aliphatic rings. The molecule has 0 saturated heterocycles. The van der Waals surface area contributed by atoms with Crippen molar-refractivity contribution >= 4 is 22.5 Å². The van der Waals surface area contributed by atoms with Crippen molar-refractivity contribution < 1.29 is 144 Å². The average Bonchev–Trinajstić information content (AvgIpc) is 2.13. The second-order valence-corrected chi connectivity index (χ2v) is 35.6. The van der Waals surface area contributed by atoms with Crippen LogP contribution in [0.25, 0.3) is 0 Å². The quantitative estimate of drug-likeness (QED) is 0.0807. The van der Waals surface area contributed by atoms with Crippen molar-refractivity contribution in [3.05, 3.63) is 140 Å². The van der Waals surface area contributed by atoms with E-state index in [0.29, 0.717) is 43.4 Å². The van der Waals surface area contributed by atoms with Crippen molar-refractivity contribution in [2.45, 2.75) is 206 Å². The van der Waals surface area contributed by atoms with Gasteiger partial charge >= 0.3 is 94.5 Å². The summed E-state index contributed by atoms with van der Waals surface area (Å²) < 4.78 is 90.6. The van der Waals surface area contributed by atoms with Crippen molar-refractivity contribution in [1.82, 2.24) is 0 Å². The Morgan fingerprint density at radius 1 is 0.494 bits per heavy atom. The molecule has 4 aromatic rings. The first kappa shape index (κ1) is 75.2. The second-order valence-electron chi connectivity index (χ2n) is 29.1. The molecule has 8 aliphatic carbocycles. The van der Waals surface area contributed by atoms with Gasteiger partial charge in [0.25, 0.3) is 0 Å². The summed E-state index contributed by atoms with van der Waals surface area (Å²) in [6, 6.07) is 36.8. The SMILES string of the molecule is CC(C)(C)c1ccc([I+]c2ccc(C(C)(C)C)cc2)cc1.CC(C)(C)c1ccc([I+]c2ccc(C(C)(C)C)cc2)cc1.CC(F)(F)C(=O)OCC12CC3CC(CC(O)(C3)C1)C2.O=C(OCC12CC3CC(CC(O)(C3)C1)C2)[C-](F)F.O=S(=O)=O.[Cl-].[Na+]. The first-order chi connectivity index (χ1) is 38.1. The molecule has 0 aromatic heterocycles. The first-order valence-electron chi connectivity index (χ1n) is 29.0. The van der Waals surface area contributed by atoms with Gasteiger partial charge < -0.3 is 40.9 Å². The van der Waals surface area contributed by atoms with Gasteiger partial charge in [0.2, 0.25) is 5.97 Å². The monoisotopic (exact) mass is 1460 g/mol. The Kier molecular flexibility index (Phi) is 26.3. The minimum Gasteiger partial charge on any atom is -1.00 e. The molecule has 4 aromatic carbocycles. The number of hydrogen-bond acceptors (Lipinski definition) is 9. The average molecular weight is 1460 g/mol. The van der Waals surface area contributed by atoms with E-state index in [0.717, 1.165) is 64.2 Å². The molecule has 8 bridgehead atoms. The number of alkyl halides is 2. The molecule has 8 fully saturated rings.